The molecule has 33 heavy (non-hydrogen) atoms. The van der Waals surface area contributed by atoms with Crippen LogP contribution in [0.4, 0.5) is 5.69 Å². The molecule has 0 radical (unpaired) electrons. The van der Waals surface area contributed by atoms with Gasteiger partial charge >= 0.3 is 0 Å². The molecule has 0 aliphatic carbocycles. The van der Waals surface area contributed by atoms with Gasteiger partial charge in [-0.3, -0.25) is 9.36 Å². The zero-order valence-corrected chi connectivity index (χ0v) is 20.4. The summed E-state index contributed by atoms with van der Waals surface area (Å²) >= 11 is 19.4. The van der Waals surface area contributed by atoms with Crippen LogP contribution in [0, 0.1) is 0 Å². The van der Waals surface area contributed by atoms with Gasteiger partial charge in [-0.2, -0.15) is 0 Å². The van der Waals surface area contributed by atoms with Gasteiger partial charge in [0.1, 0.15) is 0 Å². The summed E-state index contributed by atoms with van der Waals surface area (Å²) in [5.74, 6) is 1.41. The molecule has 4 aromatic rings. The number of ether oxygens (including phenoxy) is 1. The van der Waals surface area contributed by atoms with Gasteiger partial charge < -0.3 is 14.5 Å². The van der Waals surface area contributed by atoms with Crippen LogP contribution in [0.25, 0.3) is 22.6 Å². The van der Waals surface area contributed by atoms with Gasteiger partial charge in [-0.25, -0.2) is 0 Å². The molecule has 11 heteroatoms. The Bertz CT molecular complexity index is 1330. The van der Waals surface area contributed by atoms with Crippen molar-refractivity contribution in [3.63, 3.8) is 0 Å². The average molecular weight is 524 g/mol. The molecule has 1 amide bonds. The maximum Gasteiger partial charge on any atom is 0.234 e. The van der Waals surface area contributed by atoms with E-state index in [1.807, 2.05) is 28.8 Å². The molecule has 0 aliphatic heterocycles. The number of allylic oxidation sites excluding steroid dienone is 1. The number of furan rings is 1. The van der Waals surface area contributed by atoms with Crippen LogP contribution in [0.5, 0.6) is 5.75 Å². The zero-order chi connectivity index (χ0) is 23.5. The van der Waals surface area contributed by atoms with Crippen LogP contribution in [0.3, 0.4) is 0 Å². The van der Waals surface area contributed by atoms with E-state index in [4.69, 9.17) is 44.0 Å². The number of aromatic nitrogens is 3. The quantitative estimate of drug-likeness (QED) is 0.208. The topological polar surface area (TPSA) is 82.2 Å². The van der Waals surface area contributed by atoms with E-state index in [9.17, 15) is 4.79 Å². The molecule has 2 heterocycles. The van der Waals surface area contributed by atoms with Crippen molar-refractivity contribution in [2.75, 3.05) is 18.2 Å². The van der Waals surface area contributed by atoms with Gasteiger partial charge in [0.25, 0.3) is 0 Å². The van der Waals surface area contributed by atoms with E-state index in [-0.39, 0.29) is 21.7 Å². The highest BCUT2D eigenvalue weighted by atomic mass is 35.5. The highest BCUT2D eigenvalue weighted by molar-refractivity contribution is 7.99. The molecule has 0 aliphatic rings. The van der Waals surface area contributed by atoms with Crippen molar-refractivity contribution in [1.82, 2.24) is 14.8 Å². The number of para-hydroxylation sites is 1. The Morgan fingerprint density at radius 1 is 1.24 bits per heavy atom. The molecule has 2 aromatic carbocycles. The smallest absolute Gasteiger partial charge is 0.234 e. The zero-order valence-electron chi connectivity index (χ0n) is 17.3. The molecule has 0 spiro atoms. The highest BCUT2D eigenvalue weighted by Crippen LogP contribution is 2.35. The summed E-state index contributed by atoms with van der Waals surface area (Å²) in [4.78, 5) is 12.5. The molecule has 0 saturated heterocycles. The summed E-state index contributed by atoms with van der Waals surface area (Å²) in [5, 5.41) is 13.5. The maximum absolute atomic E-state index is 12.5. The van der Waals surface area contributed by atoms with E-state index in [1.54, 1.807) is 13.2 Å². The molecule has 7 nitrogen and oxygen atoms in total. The fourth-order valence-electron chi connectivity index (χ4n) is 3.15. The number of amides is 1. The number of methoxy groups -OCH3 is 1. The minimum atomic E-state index is -0.311. The molecule has 0 atom stereocenters. The first-order valence-corrected chi connectivity index (χ1v) is 11.7. The standard InChI is InChI=1S/C22H17Cl3N4O3S/c1-3-7-29-21(17-8-12-5-4-6-16(31-2)20(12)32-17)27-28-22(29)33-11-18(30)26-19-14(24)9-13(23)10-15(19)25/h3-6,8-10H,1,7,11H2,2H3,(H,26,30). The van der Waals surface area contributed by atoms with Crippen LogP contribution in [-0.2, 0) is 11.3 Å². The van der Waals surface area contributed by atoms with E-state index in [2.05, 4.69) is 22.1 Å². The largest absolute Gasteiger partial charge is 0.493 e. The third-order valence-electron chi connectivity index (χ3n) is 4.58. The van der Waals surface area contributed by atoms with Crippen molar-refractivity contribution in [1.29, 1.82) is 0 Å². The number of anilines is 1. The third kappa shape index (κ3) is 4.99. The molecule has 1 N–H and O–H groups in total. The number of nitrogens with zero attached hydrogens (tertiary/aromatic N) is 3. The summed E-state index contributed by atoms with van der Waals surface area (Å²) in [6, 6.07) is 10.5. The number of fused-ring (bicyclic) bond motifs is 1. The molecule has 0 fully saturated rings. The van der Waals surface area contributed by atoms with E-state index in [1.165, 1.54) is 23.9 Å². The molecule has 2 aromatic heterocycles. The number of halogens is 3. The number of thioether (sulfide) groups is 1. The second-order valence-corrected chi connectivity index (χ2v) is 8.97. The van der Waals surface area contributed by atoms with Gasteiger partial charge in [0.2, 0.25) is 11.7 Å². The first-order valence-electron chi connectivity index (χ1n) is 9.59. The van der Waals surface area contributed by atoms with E-state index >= 15 is 0 Å². The van der Waals surface area contributed by atoms with E-state index in [0.717, 1.165) is 5.39 Å². The molecule has 4 rings (SSSR count). The molecule has 0 saturated carbocycles. The van der Waals surface area contributed by atoms with Crippen LogP contribution >= 0.6 is 46.6 Å². The predicted molar refractivity (Wildman–Crippen MR) is 133 cm³/mol. The second-order valence-electron chi connectivity index (χ2n) is 6.78. The van der Waals surface area contributed by atoms with Crippen molar-refractivity contribution in [3.8, 4) is 17.3 Å². The Morgan fingerprint density at radius 3 is 2.70 bits per heavy atom. The number of nitrogens with one attached hydrogen (secondary N) is 1. The maximum atomic E-state index is 12.5. The number of hydrogen-bond acceptors (Lipinski definition) is 6. The van der Waals surface area contributed by atoms with Crippen LogP contribution in [-0.4, -0.2) is 33.5 Å². The second kappa shape index (κ2) is 10.1. The van der Waals surface area contributed by atoms with Crippen LogP contribution in [0.2, 0.25) is 15.1 Å². The Hall–Kier alpha value is -2.65. The van der Waals surface area contributed by atoms with Gasteiger partial charge in [-0.15, -0.1) is 16.8 Å². The van der Waals surface area contributed by atoms with Gasteiger partial charge in [-0.05, 0) is 24.3 Å². The summed E-state index contributed by atoms with van der Waals surface area (Å²) in [6.07, 6.45) is 1.72. The predicted octanol–water partition coefficient (Wildman–Crippen LogP) is 6.58. The van der Waals surface area contributed by atoms with Crippen LogP contribution < -0.4 is 10.1 Å². The summed E-state index contributed by atoms with van der Waals surface area (Å²) in [7, 11) is 1.58. The van der Waals surface area contributed by atoms with Gasteiger partial charge in [0, 0.05) is 17.0 Å². The van der Waals surface area contributed by atoms with Gasteiger partial charge in [-0.1, -0.05) is 64.8 Å². The number of carbonyl (C=O) groups is 1. The lowest BCUT2D eigenvalue weighted by molar-refractivity contribution is -0.113. The van der Waals surface area contributed by atoms with Crippen molar-refractivity contribution in [2.24, 2.45) is 0 Å². The SMILES string of the molecule is C=CCn1c(SCC(=O)Nc2c(Cl)cc(Cl)cc2Cl)nnc1-c1cc2cccc(OC)c2o1. The van der Waals surface area contributed by atoms with Gasteiger partial charge in [0.15, 0.2) is 22.2 Å². The monoisotopic (exact) mass is 522 g/mol. The number of carbonyl (C=O) groups excluding carboxylic acids is 1. The molecular formula is C22H17Cl3N4O3S. The molecule has 170 valence electrons. The minimum absolute atomic E-state index is 0.0541. The Balaban J connectivity index is 1.55. The lowest BCUT2D eigenvalue weighted by Crippen LogP contribution is -2.15. The summed E-state index contributed by atoms with van der Waals surface area (Å²) in [6.45, 7) is 4.23. The van der Waals surface area contributed by atoms with Crippen molar-refractivity contribution >= 4 is 69.1 Å². The molecule has 0 unspecified atom stereocenters. The van der Waals surface area contributed by atoms with Crippen molar-refractivity contribution in [3.05, 3.63) is 64.1 Å². The number of benzene rings is 2. The van der Waals surface area contributed by atoms with Crippen LogP contribution in [0.1, 0.15) is 0 Å². The molecule has 0 bridgehead atoms. The minimum Gasteiger partial charge on any atom is -0.493 e. The summed E-state index contributed by atoms with van der Waals surface area (Å²) in [5.41, 5.74) is 0.922. The number of hydrogen-bond donors (Lipinski definition) is 1. The fourth-order valence-corrected chi connectivity index (χ4v) is 4.81. The lowest BCUT2D eigenvalue weighted by atomic mass is 10.2. The summed E-state index contributed by atoms with van der Waals surface area (Å²) < 4.78 is 13.2. The Morgan fingerprint density at radius 2 is 2.00 bits per heavy atom. The number of rotatable bonds is 8. The normalized spacial score (nSPS) is 11.0. The van der Waals surface area contributed by atoms with Crippen molar-refractivity contribution < 1.29 is 13.9 Å². The average Bonchev–Trinajstić information content (AvgIpc) is 3.38. The first-order chi connectivity index (χ1) is 15.9. The Labute approximate surface area is 208 Å². The first kappa shape index (κ1) is 23.5. The Kier molecular flexibility index (Phi) is 7.19. The van der Waals surface area contributed by atoms with Gasteiger partial charge in [0.05, 0.1) is 28.6 Å². The lowest BCUT2D eigenvalue weighted by Gasteiger charge is -2.10. The van der Waals surface area contributed by atoms with Crippen LogP contribution in [0.15, 0.2) is 58.6 Å². The van der Waals surface area contributed by atoms with Crippen molar-refractivity contribution in [2.45, 2.75) is 11.7 Å². The van der Waals surface area contributed by atoms with E-state index < -0.39 is 0 Å². The fraction of sp³-hybridized carbons (Fsp3) is 0.136. The third-order valence-corrected chi connectivity index (χ3v) is 6.36. The molecular weight excluding hydrogens is 507 g/mol. The highest BCUT2D eigenvalue weighted by Gasteiger charge is 2.20. The van der Waals surface area contributed by atoms with E-state index in [0.29, 0.717) is 45.3 Å².